The molecule has 0 spiro atoms. The van der Waals surface area contributed by atoms with E-state index in [1.165, 1.54) is 37.3 Å². The summed E-state index contributed by atoms with van der Waals surface area (Å²) >= 11 is 3.17. The summed E-state index contributed by atoms with van der Waals surface area (Å²) in [5.74, 6) is -0.894. The Hall–Kier alpha value is -1.97. The first-order valence-electron chi connectivity index (χ1n) is 6.06. The number of amides is 1. The number of rotatable bonds is 5. The van der Waals surface area contributed by atoms with Gasteiger partial charge in [-0.15, -0.1) is 4.83 Å². The molecule has 0 radical (unpaired) electrons. The molecule has 1 aromatic heterocycles. The fraction of sp³-hybridized carbons (Fsp3) is 0.0769. The van der Waals surface area contributed by atoms with Crippen molar-refractivity contribution in [1.82, 2.24) is 15.2 Å². The zero-order valence-electron chi connectivity index (χ0n) is 11.4. The molecule has 0 unspecified atom stereocenters. The van der Waals surface area contributed by atoms with Crippen LogP contribution in [0.4, 0.5) is 0 Å². The molecule has 1 heterocycles. The Bertz CT molecular complexity index is 829. The van der Waals surface area contributed by atoms with Gasteiger partial charge in [0.15, 0.2) is 5.78 Å². The molecule has 7 nitrogen and oxygen atoms in total. The summed E-state index contributed by atoms with van der Waals surface area (Å²) in [6.07, 6.45) is 1.54. The van der Waals surface area contributed by atoms with E-state index < -0.39 is 15.9 Å². The predicted molar refractivity (Wildman–Crippen MR) is 82.7 cm³/mol. The van der Waals surface area contributed by atoms with Crippen LogP contribution in [0.25, 0.3) is 0 Å². The van der Waals surface area contributed by atoms with Crippen molar-refractivity contribution in [3.05, 3.63) is 52.3 Å². The summed E-state index contributed by atoms with van der Waals surface area (Å²) in [5, 5.41) is 0. The summed E-state index contributed by atoms with van der Waals surface area (Å²) in [6, 6.07) is 7.03. The van der Waals surface area contributed by atoms with Crippen molar-refractivity contribution in [2.24, 2.45) is 0 Å². The highest BCUT2D eigenvalue weighted by molar-refractivity contribution is 9.10. The standard InChI is InChI=1S/C13H12BrN3O4S/c1-8(18)9-3-2-4-11(5-9)22(20,21)17-16-13(19)12-6-10(14)7-15-12/h2-7,15,17H,1H3,(H,16,19). The number of carbonyl (C=O) groups excluding carboxylic acids is 2. The lowest BCUT2D eigenvalue weighted by molar-refractivity contribution is 0.0939. The van der Waals surface area contributed by atoms with Crippen LogP contribution in [0.5, 0.6) is 0 Å². The number of aromatic amines is 1. The van der Waals surface area contributed by atoms with Crippen LogP contribution < -0.4 is 10.3 Å². The summed E-state index contributed by atoms with van der Waals surface area (Å²) in [6.45, 7) is 1.34. The molecule has 2 aromatic rings. The maximum atomic E-state index is 12.1. The van der Waals surface area contributed by atoms with Crippen molar-refractivity contribution in [2.75, 3.05) is 0 Å². The van der Waals surface area contributed by atoms with Gasteiger partial charge in [0.05, 0.1) is 4.90 Å². The molecule has 0 saturated heterocycles. The number of benzene rings is 1. The van der Waals surface area contributed by atoms with Crippen LogP contribution in [0.2, 0.25) is 0 Å². The molecule has 0 fully saturated rings. The first-order chi connectivity index (χ1) is 10.3. The number of ketones is 1. The molecule has 9 heteroatoms. The molecular formula is C13H12BrN3O4S. The number of carbonyl (C=O) groups is 2. The molecule has 0 aliphatic rings. The van der Waals surface area contributed by atoms with E-state index in [-0.39, 0.29) is 21.9 Å². The van der Waals surface area contributed by atoms with Crippen molar-refractivity contribution in [3.63, 3.8) is 0 Å². The minimum absolute atomic E-state index is 0.117. The van der Waals surface area contributed by atoms with Crippen molar-refractivity contribution < 1.29 is 18.0 Å². The highest BCUT2D eigenvalue weighted by atomic mass is 79.9. The van der Waals surface area contributed by atoms with Gasteiger partial charge >= 0.3 is 0 Å². The van der Waals surface area contributed by atoms with Crippen LogP contribution >= 0.6 is 15.9 Å². The quantitative estimate of drug-likeness (QED) is 0.536. The second-order valence-electron chi connectivity index (χ2n) is 4.38. The topological polar surface area (TPSA) is 108 Å². The average Bonchev–Trinajstić information content (AvgIpc) is 2.91. The fourth-order valence-electron chi connectivity index (χ4n) is 1.62. The largest absolute Gasteiger partial charge is 0.356 e. The Kier molecular flexibility index (Phi) is 4.79. The van der Waals surface area contributed by atoms with E-state index in [0.717, 1.165) is 0 Å². The maximum Gasteiger partial charge on any atom is 0.282 e. The fourth-order valence-corrected chi connectivity index (χ4v) is 2.85. The van der Waals surface area contributed by atoms with Gasteiger partial charge in [-0.2, -0.15) is 0 Å². The lowest BCUT2D eigenvalue weighted by Gasteiger charge is -2.08. The van der Waals surface area contributed by atoms with E-state index in [1.54, 1.807) is 6.20 Å². The van der Waals surface area contributed by atoms with Gasteiger partial charge < -0.3 is 4.98 Å². The zero-order chi connectivity index (χ0) is 16.3. The Balaban J connectivity index is 2.13. The number of Topliss-reactive ketones (excluding diaryl/α,β-unsaturated/α-hetero) is 1. The third-order valence-corrected chi connectivity index (χ3v) is 4.45. The highest BCUT2D eigenvalue weighted by Crippen LogP contribution is 2.12. The second-order valence-corrected chi connectivity index (χ2v) is 6.97. The van der Waals surface area contributed by atoms with Gasteiger partial charge in [-0.05, 0) is 41.1 Å². The monoisotopic (exact) mass is 385 g/mol. The van der Waals surface area contributed by atoms with Gasteiger partial charge in [-0.1, -0.05) is 12.1 Å². The van der Waals surface area contributed by atoms with E-state index >= 15 is 0 Å². The van der Waals surface area contributed by atoms with E-state index in [0.29, 0.717) is 4.47 Å². The normalized spacial score (nSPS) is 11.2. The number of hydrogen-bond acceptors (Lipinski definition) is 4. The first kappa shape index (κ1) is 16.4. The van der Waals surface area contributed by atoms with Crippen LogP contribution in [-0.4, -0.2) is 25.1 Å². The molecule has 1 aromatic carbocycles. The molecule has 2 rings (SSSR count). The van der Waals surface area contributed by atoms with Crippen molar-refractivity contribution >= 4 is 37.6 Å². The van der Waals surface area contributed by atoms with E-state index in [4.69, 9.17) is 0 Å². The average molecular weight is 386 g/mol. The Morgan fingerprint density at radius 1 is 1.23 bits per heavy atom. The number of H-pyrrole nitrogens is 1. The zero-order valence-corrected chi connectivity index (χ0v) is 13.8. The van der Waals surface area contributed by atoms with Crippen LogP contribution in [0.3, 0.4) is 0 Å². The minimum Gasteiger partial charge on any atom is -0.356 e. The smallest absolute Gasteiger partial charge is 0.282 e. The lowest BCUT2D eigenvalue weighted by atomic mass is 10.2. The number of aromatic nitrogens is 1. The number of nitrogens with one attached hydrogen (secondary N) is 3. The summed E-state index contributed by atoms with van der Waals surface area (Å²) < 4.78 is 24.8. The number of hydrazine groups is 1. The molecule has 0 bridgehead atoms. The molecular weight excluding hydrogens is 374 g/mol. The number of sulfonamides is 1. The first-order valence-corrected chi connectivity index (χ1v) is 8.34. The van der Waals surface area contributed by atoms with Gasteiger partial charge in [0.25, 0.3) is 15.9 Å². The molecule has 116 valence electrons. The molecule has 0 saturated carbocycles. The third kappa shape index (κ3) is 3.81. The van der Waals surface area contributed by atoms with Gasteiger partial charge in [-0.25, -0.2) is 8.42 Å². The van der Waals surface area contributed by atoms with E-state index in [2.05, 4.69) is 26.3 Å². The molecule has 0 aliphatic heterocycles. The van der Waals surface area contributed by atoms with Gasteiger partial charge in [-0.3, -0.25) is 15.0 Å². The molecule has 0 atom stereocenters. The Labute approximate surface area is 135 Å². The molecule has 3 N–H and O–H groups in total. The summed E-state index contributed by atoms with van der Waals surface area (Å²) in [7, 11) is -3.97. The van der Waals surface area contributed by atoms with Gasteiger partial charge in [0.1, 0.15) is 5.69 Å². The van der Waals surface area contributed by atoms with Crippen LogP contribution in [0, 0.1) is 0 Å². The van der Waals surface area contributed by atoms with Crippen LogP contribution in [0.15, 0.2) is 45.9 Å². The minimum atomic E-state index is -3.97. The molecule has 1 amide bonds. The molecule has 22 heavy (non-hydrogen) atoms. The van der Waals surface area contributed by atoms with Crippen molar-refractivity contribution in [3.8, 4) is 0 Å². The van der Waals surface area contributed by atoms with Gasteiger partial charge in [0.2, 0.25) is 0 Å². The number of halogens is 1. The second kappa shape index (κ2) is 6.42. The number of hydrogen-bond donors (Lipinski definition) is 3. The summed E-state index contributed by atoms with van der Waals surface area (Å²) in [4.78, 5) is 27.6. The lowest BCUT2D eigenvalue weighted by Crippen LogP contribution is -2.41. The Morgan fingerprint density at radius 3 is 2.55 bits per heavy atom. The SMILES string of the molecule is CC(=O)c1cccc(S(=O)(=O)NNC(=O)c2cc(Br)c[nH]2)c1. The maximum absolute atomic E-state index is 12.1. The van der Waals surface area contributed by atoms with Crippen LogP contribution in [0.1, 0.15) is 27.8 Å². The highest BCUT2D eigenvalue weighted by Gasteiger charge is 2.17. The van der Waals surface area contributed by atoms with E-state index in [1.807, 2.05) is 4.83 Å². The summed E-state index contributed by atoms with van der Waals surface area (Å²) in [5.41, 5.74) is 2.54. The van der Waals surface area contributed by atoms with Crippen molar-refractivity contribution in [1.29, 1.82) is 0 Å². The third-order valence-electron chi connectivity index (χ3n) is 2.74. The van der Waals surface area contributed by atoms with Crippen molar-refractivity contribution in [2.45, 2.75) is 11.8 Å². The Morgan fingerprint density at radius 2 is 1.95 bits per heavy atom. The van der Waals surface area contributed by atoms with Gasteiger partial charge in [0, 0.05) is 16.2 Å². The van der Waals surface area contributed by atoms with Crippen LogP contribution in [-0.2, 0) is 10.0 Å². The molecule has 0 aliphatic carbocycles. The van der Waals surface area contributed by atoms with E-state index in [9.17, 15) is 18.0 Å². The predicted octanol–water partition coefficient (Wildman–Crippen LogP) is 1.60.